The smallest absolute Gasteiger partial charge is 0.133 e. The SMILES string of the molecule is CCCCCc1cc(O)cc(O)c1.CCCCCc1cc(O)cc(O)c1Br. The van der Waals surface area contributed by atoms with Gasteiger partial charge in [-0.1, -0.05) is 39.5 Å². The summed E-state index contributed by atoms with van der Waals surface area (Å²) in [6.07, 6.45) is 8.72. The summed E-state index contributed by atoms with van der Waals surface area (Å²) in [7, 11) is 0. The zero-order valence-corrected chi connectivity index (χ0v) is 17.8. The molecule has 2 aromatic carbocycles. The highest BCUT2D eigenvalue weighted by Gasteiger charge is 2.06. The van der Waals surface area contributed by atoms with Crippen LogP contribution in [0.3, 0.4) is 0 Å². The molecule has 0 aromatic heterocycles. The normalized spacial score (nSPS) is 10.3. The number of hydrogen-bond donors (Lipinski definition) is 4. The molecule has 0 unspecified atom stereocenters. The number of aromatic hydroxyl groups is 4. The largest absolute Gasteiger partial charge is 0.508 e. The molecule has 0 aliphatic heterocycles. The molecule has 0 atom stereocenters. The van der Waals surface area contributed by atoms with Crippen molar-refractivity contribution in [2.24, 2.45) is 0 Å². The number of aryl methyl sites for hydroxylation is 2. The molecule has 2 aromatic rings. The average molecular weight is 439 g/mol. The minimum Gasteiger partial charge on any atom is -0.508 e. The van der Waals surface area contributed by atoms with Gasteiger partial charge in [-0.05, 0) is 70.9 Å². The Bertz CT molecular complexity index is 681. The van der Waals surface area contributed by atoms with E-state index in [1.807, 2.05) is 0 Å². The van der Waals surface area contributed by atoms with Gasteiger partial charge in [0.05, 0.1) is 4.47 Å². The maximum Gasteiger partial charge on any atom is 0.133 e. The summed E-state index contributed by atoms with van der Waals surface area (Å²) in [5.74, 6) is 0.520. The molecule has 4 N–H and O–H groups in total. The fraction of sp³-hybridized carbons (Fsp3) is 0.455. The van der Waals surface area contributed by atoms with Gasteiger partial charge in [0.1, 0.15) is 23.0 Å². The van der Waals surface area contributed by atoms with Gasteiger partial charge in [-0.25, -0.2) is 0 Å². The molecule has 150 valence electrons. The van der Waals surface area contributed by atoms with E-state index in [0.717, 1.165) is 36.8 Å². The van der Waals surface area contributed by atoms with Crippen LogP contribution in [-0.4, -0.2) is 20.4 Å². The predicted molar refractivity (Wildman–Crippen MR) is 114 cm³/mol. The van der Waals surface area contributed by atoms with Crippen LogP contribution in [0.25, 0.3) is 0 Å². The predicted octanol–water partition coefficient (Wildman–Crippen LogP) is 6.42. The van der Waals surface area contributed by atoms with E-state index in [9.17, 15) is 20.4 Å². The molecule has 0 bridgehead atoms. The van der Waals surface area contributed by atoms with Gasteiger partial charge in [-0.2, -0.15) is 0 Å². The molecular weight excluding hydrogens is 408 g/mol. The van der Waals surface area contributed by atoms with Gasteiger partial charge in [0, 0.05) is 12.1 Å². The third-order valence-corrected chi connectivity index (χ3v) is 5.11. The number of unbranched alkanes of at least 4 members (excludes halogenated alkanes) is 4. The number of halogens is 1. The molecular formula is C22H31BrO4. The first-order valence-corrected chi connectivity index (χ1v) is 10.4. The molecule has 0 fully saturated rings. The Kier molecular flexibility index (Phi) is 10.7. The quantitative estimate of drug-likeness (QED) is 0.358. The van der Waals surface area contributed by atoms with E-state index in [4.69, 9.17) is 0 Å². The van der Waals surface area contributed by atoms with Crippen LogP contribution in [0.2, 0.25) is 0 Å². The fourth-order valence-electron chi connectivity index (χ4n) is 2.78. The highest BCUT2D eigenvalue weighted by atomic mass is 79.9. The van der Waals surface area contributed by atoms with Crippen molar-refractivity contribution in [3.05, 3.63) is 45.9 Å². The van der Waals surface area contributed by atoms with Crippen molar-refractivity contribution < 1.29 is 20.4 Å². The molecule has 0 aliphatic carbocycles. The summed E-state index contributed by atoms with van der Waals surface area (Å²) < 4.78 is 0.700. The molecule has 4 nitrogen and oxygen atoms in total. The standard InChI is InChI=1S/C11H15BrO2.C11H16O2/c1-2-3-4-5-8-6-9(13)7-10(14)11(8)12;1-2-3-4-5-9-6-10(12)8-11(13)7-9/h6-7,13-14H,2-5H2,1H3;6-8,12-13H,2-5H2,1H3. The van der Waals surface area contributed by atoms with Crippen LogP contribution in [0.15, 0.2) is 34.8 Å². The Morgan fingerprint density at radius 1 is 0.667 bits per heavy atom. The minimum absolute atomic E-state index is 0.108. The second-order valence-corrected chi connectivity index (χ2v) is 7.50. The molecule has 0 saturated carbocycles. The van der Waals surface area contributed by atoms with Crippen molar-refractivity contribution >= 4 is 15.9 Å². The summed E-state index contributed by atoms with van der Waals surface area (Å²) >= 11 is 3.31. The van der Waals surface area contributed by atoms with Gasteiger partial charge < -0.3 is 20.4 Å². The van der Waals surface area contributed by atoms with Crippen LogP contribution in [0.5, 0.6) is 23.0 Å². The summed E-state index contributed by atoms with van der Waals surface area (Å²) in [5.41, 5.74) is 1.97. The maximum absolute atomic E-state index is 9.43. The molecule has 0 heterocycles. The molecule has 0 saturated heterocycles. The van der Waals surface area contributed by atoms with Crippen LogP contribution < -0.4 is 0 Å². The van der Waals surface area contributed by atoms with Gasteiger partial charge in [0.25, 0.3) is 0 Å². The van der Waals surface area contributed by atoms with Crippen molar-refractivity contribution in [3.8, 4) is 23.0 Å². The van der Waals surface area contributed by atoms with E-state index in [2.05, 4.69) is 29.8 Å². The molecule has 0 amide bonds. The number of hydrogen-bond acceptors (Lipinski definition) is 4. The first-order valence-electron chi connectivity index (χ1n) is 9.59. The van der Waals surface area contributed by atoms with Gasteiger partial charge in [-0.3, -0.25) is 0 Å². The first-order chi connectivity index (χ1) is 12.9. The van der Waals surface area contributed by atoms with E-state index < -0.39 is 0 Å². The number of benzene rings is 2. The van der Waals surface area contributed by atoms with Gasteiger partial charge >= 0.3 is 0 Å². The lowest BCUT2D eigenvalue weighted by Crippen LogP contribution is -1.87. The van der Waals surface area contributed by atoms with E-state index in [0.29, 0.717) is 4.47 Å². The highest BCUT2D eigenvalue weighted by molar-refractivity contribution is 9.10. The van der Waals surface area contributed by atoms with Crippen molar-refractivity contribution in [1.29, 1.82) is 0 Å². The Morgan fingerprint density at radius 3 is 1.74 bits per heavy atom. The maximum atomic E-state index is 9.43. The van der Waals surface area contributed by atoms with Gasteiger partial charge in [-0.15, -0.1) is 0 Å². The van der Waals surface area contributed by atoms with E-state index in [1.165, 1.54) is 37.8 Å². The third kappa shape index (κ3) is 9.05. The highest BCUT2D eigenvalue weighted by Crippen LogP contribution is 2.32. The van der Waals surface area contributed by atoms with E-state index in [1.54, 1.807) is 18.2 Å². The lowest BCUT2D eigenvalue weighted by molar-refractivity contribution is 0.446. The molecule has 0 spiro atoms. The fourth-order valence-corrected chi connectivity index (χ4v) is 3.21. The topological polar surface area (TPSA) is 80.9 Å². The molecule has 2 rings (SSSR count). The van der Waals surface area contributed by atoms with Crippen LogP contribution in [0.1, 0.15) is 63.5 Å². The lowest BCUT2D eigenvalue weighted by atomic mass is 10.1. The Hall–Kier alpha value is -1.88. The van der Waals surface area contributed by atoms with Crippen molar-refractivity contribution in [2.75, 3.05) is 0 Å². The van der Waals surface area contributed by atoms with Crippen LogP contribution in [0.4, 0.5) is 0 Å². The number of rotatable bonds is 8. The first kappa shape index (κ1) is 23.2. The van der Waals surface area contributed by atoms with E-state index in [-0.39, 0.29) is 23.0 Å². The Morgan fingerprint density at radius 2 is 1.19 bits per heavy atom. The van der Waals surface area contributed by atoms with Gasteiger partial charge in [0.15, 0.2) is 0 Å². The second kappa shape index (κ2) is 12.5. The van der Waals surface area contributed by atoms with Crippen molar-refractivity contribution in [3.63, 3.8) is 0 Å². The Balaban J connectivity index is 0.000000271. The number of phenols is 4. The van der Waals surface area contributed by atoms with Crippen molar-refractivity contribution in [1.82, 2.24) is 0 Å². The molecule has 5 heteroatoms. The van der Waals surface area contributed by atoms with Gasteiger partial charge in [0.2, 0.25) is 0 Å². The third-order valence-electron chi connectivity index (χ3n) is 4.19. The van der Waals surface area contributed by atoms with Crippen LogP contribution in [-0.2, 0) is 12.8 Å². The van der Waals surface area contributed by atoms with Crippen molar-refractivity contribution in [2.45, 2.75) is 65.2 Å². The minimum atomic E-state index is 0.108. The summed E-state index contributed by atoms with van der Waals surface area (Å²) in [4.78, 5) is 0. The molecule has 0 aliphatic rings. The van der Waals surface area contributed by atoms with Crippen LogP contribution >= 0.6 is 15.9 Å². The molecule has 27 heavy (non-hydrogen) atoms. The Labute approximate surface area is 170 Å². The monoisotopic (exact) mass is 438 g/mol. The average Bonchev–Trinajstić information content (AvgIpc) is 2.59. The zero-order valence-electron chi connectivity index (χ0n) is 16.2. The second-order valence-electron chi connectivity index (χ2n) is 6.71. The zero-order chi connectivity index (χ0) is 20.2. The summed E-state index contributed by atoms with van der Waals surface area (Å²) in [6.45, 7) is 4.30. The molecule has 0 radical (unpaired) electrons. The van der Waals surface area contributed by atoms with E-state index >= 15 is 0 Å². The van der Waals surface area contributed by atoms with Crippen LogP contribution in [0, 0.1) is 0 Å². The lowest BCUT2D eigenvalue weighted by Gasteiger charge is -2.06. The summed E-state index contributed by atoms with van der Waals surface area (Å²) in [6, 6.07) is 7.79. The number of phenolic OH excluding ortho intramolecular Hbond substituents is 4. The summed E-state index contributed by atoms with van der Waals surface area (Å²) in [5, 5.41) is 37.1.